The minimum Gasteiger partial charge on any atom is -0.497 e. The van der Waals surface area contributed by atoms with E-state index < -0.39 is 12.2 Å². The Labute approximate surface area is 619 Å². The monoisotopic (exact) mass is 1460 g/mol. The molecule has 3 aliphatic heterocycles. The van der Waals surface area contributed by atoms with Gasteiger partial charge in [0.15, 0.2) is 34.5 Å². The number of rotatable bonds is 22. The zero-order valence-electron chi connectivity index (χ0n) is 63.9. The Balaban J connectivity index is 0.000000173. The molecule has 3 saturated heterocycles. The van der Waals surface area contributed by atoms with Crippen LogP contribution in [0.2, 0.25) is 0 Å². The van der Waals surface area contributed by atoms with Gasteiger partial charge in [-0.25, -0.2) is 9.59 Å². The number of likely N-dealkylation sites (N-methyl/N-ethyl adjacent to an activating group) is 2. The molecule has 6 aromatic rings. The third kappa shape index (κ3) is 19.8. The molecule has 0 saturated carbocycles. The van der Waals surface area contributed by atoms with E-state index >= 15 is 0 Å². The van der Waals surface area contributed by atoms with Gasteiger partial charge in [-0.1, -0.05) is 18.2 Å². The van der Waals surface area contributed by atoms with Gasteiger partial charge in [0.05, 0.1) is 104 Å². The van der Waals surface area contributed by atoms with Crippen molar-refractivity contribution in [1.82, 2.24) is 40.4 Å². The molecule has 574 valence electrons. The molecule has 3 fully saturated rings. The summed E-state index contributed by atoms with van der Waals surface area (Å²) in [6.45, 7) is 15.7. The molecule has 6 aliphatic rings. The number of aliphatic hydroxyl groups excluding tert-OH is 1. The molecule has 0 radical (unpaired) electrons. The van der Waals surface area contributed by atoms with Crippen LogP contribution in [0.1, 0.15) is 70.8 Å². The molecule has 3 aliphatic carbocycles. The predicted octanol–water partition coefficient (Wildman–Crippen LogP) is 8.92. The van der Waals surface area contributed by atoms with Crippen LogP contribution in [-0.2, 0) is 28.7 Å². The number of piperazine rings is 3. The van der Waals surface area contributed by atoms with Crippen LogP contribution in [0.5, 0.6) is 69.0 Å². The smallest absolute Gasteiger partial charge is 0.407 e. The van der Waals surface area contributed by atoms with E-state index in [0.29, 0.717) is 109 Å². The van der Waals surface area contributed by atoms with Gasteiger partial charge >= 0.3 is 12.2 Å². The highest BCUT2D eigenvalue weighted by molar-refractivity contribution is 5.86. The average molecular weight is 1460 g/mol. The number of benzene rings is 6. The first-order chi connectivity index (χ1) is 51.0. The third-order valence-corrected chi connectivity index (χ3v) is 20.3. The molecule has 0 unspecified atom stereocenters. The summed E-state index contributed by atoms with van der Waals surface area (Å²) in [5.41, 5.74) is 18.4. The van der Waals surface area contributed by atoms with Crippen LogP contribution in [0.25, 0.3) is 33.4 Å². The number of aryl methyl sites for hydroxylation is 3. The number of aliphatic hydroxyl groups is 1. The highest BCUT2D eigenvalue weighted by Gasteiger charge is 2.34. The molecule has 3 atom stereocenters. The molecule has 0 spiro atoms. The van der Waals surface area contributed by atoms with Crippen molar-refractivity contribution in [2.24, 2.45) is 5.73 Å². The van der Waals surface area contributed by atoms with E-state index in [4.69, 9.17) is 77.2 Å². The summed E-state index contributed by atoms with van der Waals surface area (Å²) in [4.78, 5) is 37.1. The zero-order chi connectivity index (χ0) is 75.1. The highest BCUT2D eigenvalue weighted by Crippen LogP contribution is 2.54. The molecule has 105 heavy (non-hydrogen) atoms. The third-order valence-electron chi connectivity index (χ3n) is 20.3. The SMILES string of the molecule is CN1CCN(CCO)CC1.COc1ccc2c(c1)[C@@H](N)CCc1cc(OC)c(OC)c(OC)c1-2.COc1ccc2c(c1)[C@@H](NC(=O)OCCN1CCN(C)CC1)CCc1cc(OC)c(OC)c(OC)c1-2.COc1ccc2c(c1)[C@@H](NC(=O)OCCN1CCNCC1)CCc1cc(OC)c(OC)c(OC)c1-2. The number of fused-ring (bicyclic) bond motifs is 9. The number of carbonyl (C=O) groups excluding carboxylic acids is 2. The molecule has 12 rings (SSSR count). The second-order valence-electron chi connectivity index (χ2n) is 26.4. The van der Waals surface area contributed by atoms with Crippen LogP contribution in [0, 0.1) is 0 Å². The Kier molecular flexibility index (Phi) is 30.2. The quantitative estimate of drug-likeness (QED) is 0.0425. The number of β-amino-alcohol motifs (C(OH)–C–C–N with tert-alkyl or cyclic N) is 1. The summed E-state index contributed by atoms with van der Waals surface area (Å²) in [5, 5.41) is 18.1. The summed E-state index contributed by atoms with van der Waals surface area (Å²) in [7, 11) is 23.7. The lowest BCUT2D eigenvalue weighted by Crippen LogP contribution is -2.45. The molecule has 2 amide bonds. The van der Waals surface area contributed by atoms with Gasteiger partial charge in [0.1, 0.15) is 30.5 Å². The van der Waals surface area contributed by atoms with Gasteiger partial charge in [-0.15, -0.1) is 0 Å². The molecule has 26 nitrogen and oxygen atoms in total. The maximum atomic E-state index is 12.8. The summed E-state index contributed by atoms with van der Waals surface area (Å²) >= 11 is 0. The van der Waals surface area contributed by atoms with Gasteiger partial charge in [0, 0.05) is 121 Å². The van der Waals surface area contributed by atoms with Crippen molar-refractivity contribution >= 4 is 12.2 Å². The lowest BCUT2D eigenvalue weighted by molar-refractivity contribution is 0.102. The van der Waals surface area contributed by atoms with Gasteiger partial charge < -0.3 is 103 Å². The van der Waals surface area contributed by atoms with Crippen molar-refractivity contribution in [2.45, 2.75) is 56.7 Å². The Morgan fingerprint density at radius 2 is 0.752 bits per heavy atom. The van der Waals surface area contributed by atoms with Crippen LogP contribution < -0.4 is 78.5 Å². The number of nitrogens with two attached hydrogens (primary N) is 1. The molecule has 0 aromatic heterocycles. The number of ether oxygens (including phenoxy) is 14. The topological polar surface area (TPSA) is 262 Å². The number of hydrogen-bond donors (Lipinski definition) is 5. The molecular weight excluding hydrogens is 1350 g/mol. The molecular formula is C79H111N9O17. The van der Waals surface area contributed by atoms with Crippen LogP contribution in [0.3, 0.4) is 0 Å². The number of hydrogen-bond acceptors (Lipinski definition) is 24. The van der Waals surface area contributed by atoms with Crippen molar-refractivity contribution < 1.29 is 81.0 Å². The van der Waals surface area contributed by atoms with E-state index in [1.165, 1.54) is 0 Å². The number of nitrogens with one attached hydrogen (secondary N) is 3. The van der Waals surface area contributed by atoms with E-state index in [1.807, 2.05) is 72.8 Å². The summed E-state index contributed by atoms with van der Waals surface area (Å²) in [6, 6.07) is 23.1. The van der Waals surface area contributed by atoms with Crippen LogP contribution in [-0.4, -0.2) is 259 Å². The standard InChI is InChI=1S/C27H37N3O6.C26H35N3O6.C19H23NO4.C7H16N2O/c1-29-10-12-30(13-11-29)14-15-36-27(31)28-22-9-6-18-16-23(33-3)25(34-4)26(35-5)24(18)20-8-7-19(32-2)17-21(20)22;1-31-18-6-7-19-20(16-18)21(28-26(30)35-14-13-29-11-9-27-10-12-29)8-5-17-15-22(32-2)24(33-3)25(34-4)23(17)19;1-21-12-6-7-13-14(10-12)15(20)8-5-11-9-16(22-2)18(23-3)19(24-4)17(11)13;1-8-2-4-9(5-3-8)6-7-10/h7-8,16-17,22H,6,9-15H2,1-5H3,(H,28,31);6-7,15-16,21,27H,5,8-14H2,1-4H3,(H,28,30);6-7,9-10,15H,5,8,20H2,1-4H3;10H,2-7H2,1H3/t22-;21-;15-;/m000./s1. The lowest BCUT2D eigenvalue weighted by atomic mass is 9.93. The average Bonchev–Trinajstić information content (AvgIpc) is 1.74. The fourth-order valence-corrected chi connectivity index (χ4v) is 14.5. The first-order valence-electron chi connectivity index (χ1n) is 36.0. The largest absolute Gasteiger partial charge is 0.497 e. The normalized spacial score (nSPS) is 17.8. The summed E-state index contributed by atoms with van der Waals surface area (Å²) in [5.74, 6) is 7.66. The van der Waals surface area contributed by atoms with E-state index in [2.05, 4.69) is 54.5 Å². The number of methoxy groups -OCH3 is 12. The van der Waals surface area contributed by atoms with Gasteiger partial charge in [-0.05, 0) is 157 Å². The molecule has 6 aromatic carbocycles. The van der Waals surface area contributed by atoms with Crippen molar-refractivity contribution in [1.29, 1.82) is 0 Å². The zero-order valence-corrected chi connectivity index (χ0v) is 63.9. The van der Waals surface area contributed by atoms with E-state index in [1.54, 1.807) is 85.3 Å². The van der Waals surface area contributed by atoms with Crippen LogP contribution in [0.15, 0.2) is 72.8 Å². The van der Waals surface area contributed by atoms with Crippen molar-refractivity contribution in [3.63, 3.8) is 0 Å². The second kappa shape index (κ2) is 39.5. The van der Waals surface area contributed by atoms with E-state index in [-0.39, 0.29) is 18.1 Å². The summed E-state index contributed by atoms with van der Waals surface area (Å²) < 4.78 is 78.3. The fraction of sp³-hybridized carbons (Fsp3) is 0.519. The van der Waals surface area contributed by atoms with Crippen LogP contribution in [0.4, 0.5) is 9.59 Å². The van der Waals surface area contributed by atoms with Gasteiger partial charge in [-0.2, -0.15) is 0 Å². The number of carbonyl (C=O) groups is 2. The summed E-state index contributed by atoms with van der Waals surface area (Å²) in [6.07, 6.45) is 3.60. The fourth-order valence-electron chi connectivity index (χ4n) is 14.5. The van der Waals surface area contributed by atoms with Gasteiger partial charge in [0.2, 0.25) is 17.2 Å². The first kappa shape index (κ1) is 80.2. The lowest BCUT2D eigenvalue weighted by Gasteiger charge is -2.32. The maximum absolute atomic E-state index is 12.8. The Morgan fingerprint density at radius 3 is 1.10 bits per heavy atom. The number of amides is 2. The Morgan fingerprint density at radius 1 is 0.419 bits per heavy atom. The van der Waals surface area contributed by atoms with Gasteiger partial charge in [0.25, 0.3) is 0 Å². The number of nitrogens with zero attached hydrogens (tertiary/aromatic N) is 5. The molecule has 6 N–H and O–H groups in total. The first-order valence-corrected chi connectivity index (χ1v) is 36.0. The number of alkyl carbamates (subject to hydrolysis) is 2. The van der Waals surface area contributed by atoms with Crippen LogP contribution >= 0.6 is 0 Å². The minimum atomic E-state index is -0.424. The Bertz CT molecular complexity index is 3820. The molecule has 3 heterocycles. The van der Waals surface area contributed by atoms with Crippen molar-refractivity contribution in [3.05, 3.63) is 106 Å². The Hall–Kier alpha value is -8.86. The van der Waals surface area contributed by atoms with Crippen molar-refractivity contribution in [2.75, 3.05) is 217 Å². The van der Waals surface area contributed by atoms with E-state index in [9.17, 15) is 9.59 Å². The van der Waals surface area contributed by atoms with Crippen molar-refractivity contribution in [3.8, 4) is 102 Å². The predicted molar refractivity (Wildman–Crippen MR) is 405 cm³/mol. The van der Waals surface area contributed by atoms with Gasteiger partial charge in [-0.3, -0.25) is 14.7 Å². The molecule has 26 heteroatoms. The van der Waals surface area contributed by atoms with E-state index in [0.717, 1.165) is 184 Å². The highest BCUT2D eigenvalue weighted by atomic mass is 16.6. The molecule has 0 bridgehead atoms. The minimum absolute atomic E-state index is 0.0656. The maximum Gasteiger partial charge on any atom is 0.407 e. The second-order valence-corrected chi connectivity index (χ2v) is 26.4.